The maximum absolute atomic E-state index is 12.8. The molecule has 0 aliphatic carbocycles. The molecule has 11 heteroatoms. The molecule has 0 spiro atoms. The van der Waals surface area contributed by atoms with Gasteiger partial charge in [-0.05, 0) is 37.1 Å². The third kappa shape index (κ3) is 6.63. The van der Waals surface area contributed by atoms with Gasteiger partial charge in [-0.1, -0.05) is 36.5 Å². The molecule has 1 heterocycles. The molecule has 10 nitrogen and oxygen atoms in total. The van der Waals surface area contributed by atoms with E-state index in [4.69, 9.17) is 14.2 Å². The molecule has 192 valence electrons. The first-order chi connectivity index (χ1) is 17.4. The van der Waals surface area contributed by atoms with Crippen LogP contribution in [-0.2, 0) is 4.79 Å². The molecule has 3 aromatic rings. The van der Waals surface area contributed by atoms with Gasteiger partial charge in [-0.2, -0.15) is 0 Å². The second kappa shape index (κ2) is 12.7. The third-order valence-electron chi connectivity index (χ3n) is 5.36. The fourth-order valence-electron chi connectivity index (χ4n) is 3.51. The Bertz CT molecular complexity index is 1170. The van der Waals surface area contributed by atoms with Crippen molar-refractivity contribution in [2.45, 2.75) is 26.7 Å². The van der Waals surface area contributed by atoms with Gasteiger partial charge >= 0.3 is 6.03 Å². The Morgan fingerprint density at radius 3 is 2.28 bits per heavy atom. The average Bonchev–Trinajstić information content (AvgIpc) is 3.35. The zero-order valence-electron chi connectivity index (χ0n) is 21.1. The van der Waals surface area contributed by atoms with Crippen molar-refractivity contribution < 1.29 is 23.8 Å². The van der Waals surface area contributed by atoms with Crippen LogP contribution in [0.2, 0.25) is 0 Å². The summed E-state index contributed by atoms with van der Waals surface area (Å²) in [7, 11) is 4.61. The Hall–Kier alpha value is -3.86. The van der Waals surface area contributed by atoms with E-state index in [-0.39, 0.29) is 24.9 Å². The van der Waals surface area contributed by atoms with Crippen molar-refractivity contribution in [3.63, 3.8) is 0 Å². The van der Waals surface area contributed by atoms with Crippen molar-refractivity contribution in [2.24, 2.45) is 0 Å². The number of carbonyl (C=O) groups excluding carboxylic acids is 2. The van der Waals surface area contributed by atoms with Crippen molar-refractivity contribution in [2.75, 3.05) is 45.1 Å². The lowest BCUT2D eigenvalue weighted by atomic mass is 10.2. The van der Waals surface area contributed by atoms with Gasteiger partial charge in [0.25, 0.3) is 0 Å². The maximum Gasteiger partial charge on any atom is 0.321 e. The molecule has 0 bridgehead atoms. The van der Waals surface area contributed by atoms with Gasteiger partial charge in [-0.3, -0.25) is 4.79 Å². The molecule has 1 aromatic heterocycles. The van der Waals surface area contributed by atoms with Crippen LogP contribution in [0.5, 0.6) is 17.2 Å². The summed E-state index contributed by atoms with van der Waals surface area (Å²) in [5, 5.41) is 14.9. The molecule has 0 saturated heterocycles. The van der Waals surface area contributed by atoms with E-state index in [1.165, 1.54) is 32.7 Å². The van der Waals surface area contributed by atoms with Gasteiger partial charge in [-0.15, -0.1) is 10.2 Å². The number of aromatic nitrogens is 2. The molecular weight excluding hydrogens is 482 g/mol. The Morgan fingerprint density at radius 1 is 0.972 bits per heavy atom. The predicted octanol–water partition coefficient (Wildman–Crippen LogP) is 4.81. The smallest absolute Gasteiger partial charge is 0.321 e. The second-order valence-electron chi connectivity index (χ2n) is 7.86. The van der Waals surface area contributed by atoms with Crippen molar-refractivity contribution >= 4 is 34.1 Å². The van der Waals surface area contributed by atoms with E-state index in [0.29, 0.717) is 39.5 Å². The lowest BCUT2D eigenvalue weighted by Crippen LogP contribution is -2.37. The van der Waals surface area contributed by atoms with Crippen LogP contribution < -0.4 is 24.8 Å². The molecule has 0 aliphatic rings. The molecule has 0 saturated carbocycles. The summed E-state index contributed by atoms with van der Waals surface area (Å²) in [4.78, 5) is 27.0. The van der Waals surface area contributed by atoms with E-state index in [9.17, 15) is 9.59 Å². The highest BCUT2D eigenvalue weighted by atomic mass is 32.1. The number of benzene rings is 2. The predicted molar refractivity (Wildman–Crippen MR) is 140 cm³/mol. The van der Waals surface area contributed by atoms with Crippen molar-refractivity contribution in [1.29, 1.82) is 0 Å². The molecule has 3 rings (SSSR count). The number of amides is 3. The average molecular weight is 514 g/mol. The van der Waals surface area contributed by atoms with Gasteiger partial charge in [0.05, 0.1) is 21.3 Å². The van der Waals surface area contributed by atoms with Gasteiger partial charge < -0.3 is 29.7 Å². The molecule has 3 amide bonds. The maximum atomic E-state index is 12.8. The number of anilines is 2. The zero-order valence-corrected chi connectivity index (χ0v) is 21.9. The summed E-state index contributed by atoms with van der Waals surface area (Å²) in [6.07, 6.45) is 0.900. The van der Waals surface area contributed by atoms with E-state index in [1.807, 2.05) is 38.1 Å². The number of carbonyl (C=O) groups is 2. The fraction of sp³-hybridized carbons (Fsp3) is 0.360. The number of hydrogen-bond acceptors (Lipinski definition) is 8. The minimum atomic E-state index is -0.257. The summed E-state index contributed by atoms with van der Waals surface area (Å²) in [5.74, 6) is 1.21. The molecular formula is C25H31N5O5S. The lowest BCUT2D eigenvalue weighted by molar-refractivity contribution is -0.116. The van der Waals surface area contributed by atoms with Crippen molar-refractivity contribution in [1.82, 2.24) is 15.1 Å². The highest BCUT2D eigenvalue weighted by Crippen LogP contribution is 2.42. The van der Waals surface area contributed by atoms with Crippen LogP contribution in [0.1, 0.15) is 25.3 Å². The molecule has 0 unspecified atom stereocenters. The Balaban J connectivity index is 1.63. The van der Waals surface area contributed by atoms with E-state index in [2.05, 4.69) is 20.8 Å². The van der Waals surface area contributed by atoms with E-state index < -0.39 is 0 Å². The number of aryl methyl sites for hydroxylation is 1. The van der Waals surface area contributed by atoms with E-state index in [1.54, 1.807) is 17.0 Å². The SMILES string of the molecule is CCCN(CCC(=O)Nc1nnc(-c2cc(OC)c(OC)c(OC)c2)s1)C(=O)Nc1ccccc1C. The Morgan fingerprint density at radius 2 is 1.67 bits per heavy atom. The number of para-hydroxylation sites is 1. The summed E-state index contributed by atoms with van der Waals surface area (Å²) in [6.45, 7) is 4.73. The Labute approximate surface area is 214 Å². The van der Waals surface area contributed by atoms with Crippen LogP contribution in [0.4, 0.5) is 15.6 Å². The van der Waals surface area contributed by atoms with Crippen molar-refractivity contribution in [3.05, 3.63) is 42.0 Å². The quantitative estimate of drug-likeness (QED) is 0.378. The molecule has 0 radical (unpaired) electrons. The van der Waals surface area contributed by atoms with Gasteiger partial charge in [-0.25, -0.2) is 4.79 Å². The normalized spacial score (nSPS) is 10.5. The highest BCUT2D eigenvalue weighted by molar-refractivity contribution is 7.18. The molecule has 0 fully saturated rings. The number of nitrogens with one attached hydrogen (secondary N) is 2. The minimum absolute atomic E-state index is 0.125. The molecule has 0 atom stereocenters. The molecule has 2 aromatic carbocycles. The number of rotatable bonds is 11. The number of urea groups is 1. The largest absolute Gasteiger partial charge is 0.493 e. The number of methoxy groups -OCH3 is 3. The van der Waals surface area contributed by atoms with Gasteiger partial charge in [0.2, 0.25) is 16.8 Å². The standard InChI is InChI=1S/C25H31N5O5S/c1-6-12-30(25(32)26-18-10-8-7-9-16(18)2)13-11-21(31)27-24-29-28-23(36-24)17-14-19(33-3)22(35-5)20(15-17)34-4/h7-10,14-15H,6,11-13H2,1-5H3,(H,26,32)(H,27,29,31). The van der Waals surface area contributed by atoms with Crippen LogP contribution in [0.3, 0.4) is 0 Å². The Kier molecular flexibility index (Phi) is 9.46. The van der Waals surface area contributed by atoms with E-state index >= 15 is 0 Å². The van der Waals surface area contributed by atoms with Crippen LogP contribution in [0.25, 0.3) is 10.6 Å². The summed E-state index contributed by atoms with van der Waals surface area (Å²) in [6, 6.07) is 10.9. The lowest BCUT2D eigenvalue weighted by Gasteiger charge is -2.22. The molecule has 36 heavy (non-hydrogen) atoms. The monoisotopic (exact) mass is 513 g/mol. The summed E-state index contributed by atoms with van der Waals surface area (Å²) < 4.78 is 16.1. The fourth-order valence-corrected chi connectivity index (χ4v) is 4.25. The van der Waals surface area contributed by atoms with Crippen LogP contribution in [-0.4, -0.2) is 61.5 Å². The third-order valence-corrected chi connectivity index (χ3v) is 6.25. The first-order valence-electron chi connectivity index (χ1n) is 11.4. The molecule has 0 aliphatic heterocycles. The number of hydrogen-bond donors (Lipinski definition) is 2. The first kappa shape index (κ1) is 26.7. The van der Waals surface area contributed by atoms with Crippen LogP contribution >= 0.6 is 11.3 Å². The van der Waals surface area contributed by atoms with Gasteiger partial charge in [0.15, 0.2) is 11.5 Å². The number of nitrogens with zero attached hydrogens (tertiary/aromatic N) is 3. The van der Waals surface area contributed by atoms with Gasteiger partial charge in [0, 0.05) is 30.8 Å². The number of ether oxygens (including phenoxy) is 3. The topological polar surface area (TPSA) is 115 Å². The van der Waals surface area contributed by atoms with E-state index in [0.717, 1.165) is 17.7 Å². The second-order valence-corrected chi connectivity index (χ2v) is 8.83. The summed E-state index contributed by atoms with van der Waals surface area (Å²) >= 11 is 1.22. The first-order valence-corrected chi connectivity index (χ1v) is 12.3. The zero-order chi connectivity index (χ0) is 26.1. The minimum Gasteiger partial charge on any atom is -0.493 e. The summed E-state index contributed by atoms with van der Waals surface area (Å²) in [5.41, 5.74) is 2.44. The van der Waals surface area contributed by atoms with Crippen molar-refractivity contribution in [3.8, 4) is 27.8 Å². The van der Waals surface area contributed by atoms with Crippen LogP contribution in [0, 0.1) is 6.92 Å². The van der Waals surface area contributed by atoms with Crippen LogP contribution in [0.15, 0.2) is 36.4 Å². The highest BCUT2D eigenvalue weighted by Gasteiger charge is 2.18. The molecule has 2 N–H and O–H groups in total. The van der Waals surface area contributed by atoms with Gasteiger partial charge in [0.1, 0.15) is 5.01 Å².